The first-order valence-corrected chi connectivity index (χ1v) is 7.42. The third-order valence-electron chi connectivity index (χ3n) is 2.81. The zero-order chi connectivity index (χ0) is 13.1. The van der Waals surface area contributed by atoms with Crippen molar-refractivity contribution in [1.29, 1.82) is 0 Å². The van der Waals surface area contributed by atoms with E-state index in [0.29, 0.717) is 0 Å². The van der Waals surface area contributed by atoms with Crippen molar-refractivity contribution in [2.45, 2.75) is 26.3 Å². The molecule has 0 saturated heterocycles. The number of nitrogens with zero attached hydrogens (tertiary/aromatic N) is 2. The van der Waals surface area contributed by atoms with Crippen molar-refractivity contribution in [2.75, 3.05) is 7.05 Å². The predicted octanol–water partition coefficient (Wildman–Crippen LogP) is 3.42. The molecule has 18 heavy (non-hydrogen) atoms. The number of aryl methyl sites for hydroxylation is 2. The lowest BCUT2D eigenvalue weighted by atomic mass is 10.1. The van der Waals surface area contributed by atoms with Crippen LogP contribution in [0.25, 0.3) is 0 Å². The molecule has 0 spiro atoms. The van der Waals surface area contributed by atoms with Crippen molar-refractivity contribution in [2.24, 2.45) is 0 Å². The Hall–Kier alpha value is -0.780. The number of hydrogen-bond acceptors (Lipinski definition) is 4. The SMILES string of the molecule is CNC(Cc1ccc(Br)cn1)c1sc(C)nc1C. The van der Waals surface area contributed by atoms with Gasteiger partial charge in [-0.3, -0.25) is 4.98 Å². The Morgan fingerprint density at radius 3 is 2.67 bits per heavy atom. The van der Waals surface area contributed by atoms with E-state index in [1.54, 1.807) is 11.3 Å². The maximum atomic E-state index is 4.49. The van der Waals surface area contributed by atoms with E-state index in [9.17, 15) is 0 Å². The molecule has 0 fully saturated rings. The molecule has 0 saturated carbocycles. The van der Waals surface area contributed by atoms with E-state index in [4.69, 9.17) is 0 Å². The molecule has 1 atom stereocenters. The summed E-state index contributed by atoms with van der Waals surface area (Å²) < 4.78 is 1.01. The lowest BCUT2D eigenvalue weighted by molar-refractivity contribution is 0.590. The van der Waals surface area contributed by atoms with Crippen molar-refractivity contribution >= 4 is 27.3 Å². The summed E-state index contributed by atoms with van der Waals surface area (Å²) in [4.78, 5) is 10.2. The van der Waals surface area contributed by atoms with Gasteiger partial charge in [-0.1, -0.05) is 0 Å². The van der Waals surface area contributed by atoms with Crippen LogP contribution in [0.4, 0.5) is 0 Å². The number of halogens is 1. The fourth-order valence-electron chi connectivity index (χ4n) is 1.93. The Morgan fingerprint density at radius 1 is 1.39 bits per heavy atom. The minimum atomic E-state index is 0.282. The van der Waals surface area contributed by atoms with Crippen LogP contribution in [-0.4, -0.2) is 17.0 Å². The number of likely N-dealkylation sites (N-methyl/N-ethyl adjacent to an activating group) is 1. The summed E-state index contributed by atoms with van der Waals surface area (Å²) in [6, 6.07) is 4.36. The number of nitrogens with one attached hydrogen (secondary N) is 1. The van der Waals surface area contributed by atoms with Crippen LogP contribution in [-0.2, 0) is 6.42 Å². The smallest absolute Gasteiger partial charge is 0.0900 e. The summed E-state index contributed by atoms with van der Waals surface area (Å²) in [5.74, 6) is 0. The second-order valence-corrected chi connectivity index (χ2v) is 6.35. The van der Waals surface area contributed by atoms with Crippen LogP contribution >= 0.6 is 27.3 Å². The first-order chi connectivity index (χ1) is 8.60. The molecule has 3 nitrogen and oxygen atoms in total. The van der Waals surface area contributed by atoms with E-state index in [-0.39, 0.29) is 6.04 Å². The van der Waals surface area contributed by atoms with Crippen molar-refractivity contribution in [3.05, 3.63) is 44.1 Å². The number of hydrogen-bond donors (Lipinski definition) is 1. The first kappa shape index (κ1) is 13.6. The van der Waals surface area contributed by atoms with E-state index in [2.05, 4.69) is 44.2 Å². The van der Waals surface area contributed by atoms with Gasteiger partial charge < -0.3 is 5.32 Å². The topological polar surface area (TPSA) is 37.8 Å². The predicted molar refractivity (Wildman–Crippen MR) is 79.0 cm³/mol. The van der Waals surface area contributed by atoms with Crippen LogP contribution in [0, 0.1) is 13.8 Å². The second kappa shape index (κ2) is 5.91. The van der Waals surface area contributed by atoms with Gasteiger partial charge in [-0.05, 0) is 49.0 Å². The molecule has 5 heteroatoms. The van der Waals surface area contributed by atoms with Gasteiger partial charge in [0.2, 0.25) is 0 Å². The lowest BCUT2D eigenvalue weighted by Crippen LogP contribution is -2.19. The molecule has 2 heterocycles. The average molecular weight is 326 g/mol. The zero-order valence-electron chi connectivity index (χ0n) is 10.7. The number of pyridine rings is 1. The standard InChI is InChI=1S/C13H16BrN3S/c1-8-13(18-9(2)17-8)12(15-3)6-11-5-4-10(14)7-16-11/h4-5,7,12,15H,6H2,1-3H3. The van der Waals surface area contributed by atoms with Crippen LogP contribution in [0.15, 0.2) is 22.8 Å². The van der Waals surface area contributed by atoms with E-state index in [1.165, 1.54) is 4.88 Å². The zero-order valence-corrected chi connectivity index (χ0v) is 13.1. The molecule has 0 amide bonds. The molecule has 0 aliphatic heterocycles. The van der Waals surface area contributed by atoms with Gasteiger partial charge in [0.25, 0.3) is 0 Å². The summed E-state index contributed by atoms with van der Waals surface area (Å²) in [5, 5.41) is 4.47. The van der Waals surface area contributed by atoms with Crippen LogP contribution in [0.3, 0.4) is 0 Å². The maximum absolute atomic E-state index is 4.49. The van der Waals surface area contributed by atoms with Crippen molar-refractivity contribution in [1.82, 2.24) is 15.3 Å². The van der Waals surface area contributed by atoms with Crippen LogP contribution < -0.4 is 5.32 Å². The largest absolute Gasteiger partial charge is 0.312 e. The third kappa shape index (κ3) is 3.16. The lowest BCUT2D eigenvalue weighted by Gasteiger charge is -2.14. The van der Waals surface area contributed by atoms with Crippen LogP contribution in [0.1, 0.15) is 27.3 Å². The monoisotopic (exact) mass is 325 g/mol. The fraction of sp³-hybridized carbons (Fsp3) is 0.385. The quantitative estimate of drug-likeness (QED) is 0.935. The first-order valence-electron chi connectivity index (χ1n) is 5.81. The van der Waals surface area contributed by atoms with E-state index in [1.807, 2.05) is 26.2 Å². The van der Waals surface area contributed by atoms with Gasteiger partial charge in [0.15, 0.2) is 0 Å². The molecule has 2 aromatic heterocycles. The molecule has 1 unspecified atom stereocenters. The molecule has 0 radical (unpaired) electrons. The molecule has 2 aromatic rings. The maximum Gasteiger partial charge on any atom is 0.0900 e. The third-order valence-corrected chi connectivity index (χ3v) is 4.46. The fourth-order valence-corrected chi connectivity index (χ4v) is 3.20. The number of thiazole rings is 1. The Balaban J connectivity index is 2.19. The normalized spacial score (nSPS) is 12.7. The second-order valence-electron chi connectivity index (χ2n) is 4.20. The summed E-state index contributed by atoms with van der Waals surface area (Å²) >= 11 is 5.16. The molecule has 0 aromatic carbocycles. The summed E-state index contributed by atoms with van der Waals surface area (Å²) in [6.45, 7) is 4.12. The summed E-state index contributed by atoms with van der Waals surface area (Å²) in [5.41, 5.74) is 2.21. The highest BCUT2D eigenvalue weighted by Gasteiger charge is 2.16. The van der Waals surface area contributed by atoms with Crippen molar-refractivity contribution in [3.8, 4) is 0 Å². The van der Waals surface area contributed by atoms with Gasteiger partial charge in [-0.25, -0.2) is 4.98 Å². The van der Waals surface area contributed by atoms with Gasteiger partial charge in [-0.15, -0.1) is 11.3 Å². The van der Waals surface area contributed by atoms with Gasteiger partial charge in [-0.2, -0.15) is 0 Å². The average Bonchev–Trinajstić information content (AvgIpc) is 2.68. The molecular formula is C13H16BrN3S. The Labute approximate surface area is 120 Å². The summed E-state index contributed by atoms with van der Waals surface area (Å²) in [7, 11) is 1.98. The minimum absolute atomic E-state index is 0.282. The van der Waals surface area contributed by atoms with Gasteiger partial charge >= 0.3 is 0 Å². The molecule has 0 aliphatic rings. The minimum Gasteiger partial charge on any atom is -0.312 e. The van der Waals surface area contributed by atoms with E-state index in [0.717, 1.165) is 27.3 Å². The van der Waals surface area contributed by atoms with Gasteiger partial charge in [0, 0.05) is 33.7 Å². The van der Waals surface area contributed by atoms with Crippen molar-refractivity contribution in [3.63, 3.8) is 0 Å². The van der Waals surface area contributed by atoms with Crippen LogP contribution in [0.5, 0.6) is 0 Å². The Bertz CT molecular complexity index is 522. The molecule has 2 rings (SSSR count). The molecular weight excluding hydrogens is 310 g/mol. The summed E-state index contributed by atoms with van der Waals surface area (Å²) in [6.07, 6.45) is 2.72. The Kier molecular flexibility index (Phi) is 4.48. The van der Waals surface area contributed by atoms with Gasteiger partial charge in [0.1, 0.15) is 0 Å². The van der Waals surface area contributed by atoms with E-state index < -0.39 is 0 Å². The highest BCUT2D eigenvalue weighted by atomic mass is 79.9. The number of rotatable bonds is 4. The Morgan fingerprint density at radius 2 is 2.17 bits per heavy atom. The highest BCUT2D eigenvalue weighted by Crippen LogP contribution is 2.27. The van der Waals surface area contributed by atoms with Gasteiger partial charge in [0.05, 0.1) is 10.7 Å². The molecule has 0 aliphatic carbocycles. The van der Waals surface area contributed by atoms with E-state index >= 15 is 0 Å². The number of aromatic nitrogens is 2. The highest BCUT2D eigenvalue weighted by molar-refractivity contribution is 9.10. The van der Waals surface area contributed by atoms with Crippen LogP contribution in [0.2, 0.25) is 0 Å². The molecule has 96 valence electrons. The molecule has 1 N–H and O–H groups in total. The van der Waals surface area contributed by atoms with Crippen molar-refractivity contribution < 1.29 is 0 Å². The molecule has 0 bridgehead atoms.